The molecule has 0 atom stereocenters. The van der Waals surface area contributed by atoms with Gasteiger partial charge in [0.25, 0.3) is 0 Å². The summed E-state index contributed by atoms with van der Waals surface area (Å²) in [4.78, 5) is 2.31. The molecule has 0 saturated carbocycles. The van der Waals surface area contributed by atoms with E-state index in [1.165, 1.54) is 11.1 Å². The highest BCUT2D eigenvalue weighted by Crippen LogP contribution is 2.19. The Balaban J connectivity index is 2.33. The number of hydrogen-bond acceptors (Lipinski definition) is 4. The van der Waals surface area contributed by atoms with Crippen molar-refractivity contribution in [3.8, 4) is 0 Å². The molecule has 1 aromatic carbocycles. The number of hydrazone groups is 1. The molecule has 2 rings (SSSR count). The van der Waals surface area contributed by atoms with Crippen molar-refractivity contribution in [3.05, 3.63) is 34.9 Å². The zero-order valence-electron chi connectivity index (χ0n) is 9.40. The number of fused-ring (bicyclic) bond motifs is 1. The third-order valence-corrected chi connectivity index (χ3v) is 2.95. The third kappa shape index (κ3) is 2.00. The SMILES string of the molecule is CN1CCc2cc(/C(=N/N)NN)ccc2C1. The second-order valence-electron chi connectivity index (χ2n) is 4.09. The number of nitrogens with zero attached hydrogens (tertiary/aromatic N) is 2. The van der Waals surface area contributed by atoms with E-state index in [4.69, 9.17) is 11.7 Å². The predicted octanol–water partition coefficient (Wildman–Crippen LogP) is -0.242. The average Bonchev–Trinajstić information content (AvgIpc) is 2.31. The maximum absolute atomic E-state index is 5.34. The summed E-state index contributed by atoms with van der Waals surface area (Å²) in [6.07, 6.45) is 1.06. The van der Waals surface area contributed by atoms with Crippen LogP contribution >= 0.6 is 0 Å². The molecule has 0 spiro atoms. The zero-order chi connectivity index (χ0) is 11.5. The van der Waals surface area contributed by atoms with Crippen LogP contribution in [0.15, 0.2) is 23.3 Å². The number of hydrazine groups is 1. The second kappa shape index (κ2) is 4.51. The number of nitrogens with one attached hydrogen (secondary N) is 1. The number of rotatable bonds is 1. The van der Waals surface area contributed by atoms with Gasteiger partial charge in [0.05, 0.1) is 0 Å². The minimum Gasteiger partial charge on any atom is -0.321 e. The van der Waals surface area contributed by atoms with Crippen LogP contribution in [0.5, 0.6) is 0 Å². The quantitative estimate of drug-likeness (QED) is 0.263. The summed E-state index contributed by atoms with van der Waals surface area (Å²) < 4.78 is 0. The largest absolute Gasteiger partial charge is 0.321 e. The van der Waals surface area contributed by atoms with Crippen LogP contribution in [0.3, 0.4) is 0 Å². The molecule has 0 bridgehead atoms. The summed E-state index contributed by atoms with van der Waals surface area (Å²) in [5, 5.41) is 3.61. The first-order valence-electron chi connectivity index (χ1n) is 5.30. The molecular formula is C11H17N5. The van der Waals surface area contributed by atoms with Gasteiger partial charge in [0.2, 0.25) is 0 Å². The van der Waals surface area contributed by atoms with Gasteiger partial charge in [-0.3, -0.25) is 0 Å². The molecule has 0 saturated heterocycles. The lowest BCUT2D eigenvalue weighted by Gasteiger charge is -2.25. The molecular weight excluding hydrogens is 202 g/mol. The van der Waals surface area contributed by atoms with Crippen LogP contribution < -0.4 is 17.1 Å². The molecule has 5 N–H and O–H groups in total. The molecule has 1 aromatic rings. The van der Waals surface area contributed by atoms with Crippen molar-refractivity contribution in [1.29, 1.82) is 0 Å². The van der Waals surface area contributed by atoms with E-state index in [0.717, 1.165) is 25.1 Å². The summed E-state index contributed by atoms with van der Waals surface area (Å²) >= 11 is 0. The summed E-state index contributed by atoms with van der Waals surface area (Å²) in [6, 6.07) is 6.21. The summed E-state index contributed by atoms with van der Waals surface area (Å²) in [7, 11) is 2.13. The van der Waals surface area contributed by atoms with Crippen LogP contribution in [0.4, 0.5) is 0 Å². The fourth-order valence-electron chi connectivity index (χ4n) is 2.04. The minimum atomic E-state index is 0.515. The zero-order valence-corrected chi connectivity index (χ0v) is 9.40. The van der Waals surface area contributed by atoms with Gasteiger partial charge in [0.15, 0.2) is 5.84 Å². The fourth-order valence-corrected chi connectivity index (χ4v) is 2.04. The Hall–Kier alpha value is -1.59. The topological polar surface area (TPSA) is 79.7 Å². The van der Waals surface area contributed by atoms with E-state index >= 15 is 0 Å². The number of nitrogens with two attached hydrogens (primary N) is 2. The number of hydrogen-bond donors (Lipinski definition) is 3. The van der Waals surface area contributed by atoms with Gasteiger partial charge in [-0.1, -0.05) is 12.1 Å². The summed E-state index contributed by atoms with van der Waals surface area (Å²) in [5.74, 6) is 11.1. The molecule has 0 aliphatic carbocycles. The van der Waals surface area contributed by atoms with Crippen LogP contribution in [0.25, 0.3) is 0 Å². The van der Waals surface area contributed by atoms with Gasteiger partial charge >= 0.3 is 0 Å². The lowest BCUT2D eigenvalue weighted by atomic mass is 9.97. The van der Waals surface area contributed by atoms with E-state index < -0.39 is 0 Å². The monoisotopic (exact) mass is 219 g/mol. The molecule has 1 heterocycles. The molecule has 16 heavy (non-hydrogen) atoms. The van der Waals surface area contributed by atoms with Crippen molar-refractivity contribution >= 4 is 5.84 Å². The molecule has 0 unspecified atom stereocenters. The van der Waals surface area contributed by atoms with Crippen molar-refractivity contribution in [1.82, 2.24) is 10.3 Å². The summed E-state index contributed by atoms with van der Waals surface area (Å²) in [5.41, 5.74) is 6.16. The molecule has 0 radical (unpaired) electrons. The molecule has 0 fully saturated rings. The van der Waals surface area contributed by atoms with Crippen molar-refractivity contribution in [2.24, 2.45) is 16.8 Å². The minimum absolute atomic E-state index is 0.515. The summed E-state index contributed by atoms with van der Waals surface area (Å²) in [6.45, 7) is 2.09. The number of likely N-dealkylation sites (N-methyl/N-ethyl adjacent to an activating group) is 1. The standard InChI is InChI=1S/C11H17N5/c1-16-5-4-8-6-9(11(14-12)15-13)2-3-10(8)7-16/h2-3,6H,4-5,7,12-13H2,1H3,(H,14,15). The number of amidine groups is 1. The van der Waals surface area contributed by atoms with Crippen molar-refractivity contribution in [2.75, 3.05) is 13.6 Å². The maximum Gasteiger partial charge on any atom is 0.166 e. The van der Waals surface area contributed by atoms with Crippen LogP contribution in [-0.4, -0.2) is 24.3 Å². The second-order valence-corrected chi connectivity index (χ2v) is 4.09. The smallest absolute Gasteiger partial charge is 0.166 e. The van der Waals surface area contributed by atoms with Gasteiger partial charge in [0.1, 0.15) is 0 Å². The Kier molecular flexibility index (Phi) is 3.07. The molecule has 0 aromatic heterocycles. The number of benzene rings is 1. The Morgan fingerprint density at radius 2 is 2.25 bits per heavy atom. The molecule has 5 heteroatoms. The predicted molar refractivity (Wildman–Crippen MR) is 64.5 cm³/mol. The molecule has 1 aliphatic heterocycles. The Morgan fingerprint density at radius 1 is 1.44 bits per heavy atom. The Morgan fingerprint density at radius 3 is 2.94 bits per heavy atom. The van der Waals surface area contributed by atoms with Crippen LogP contribution in [0.1, 0.15) is 16.7 Å². The first-order chi connectivity index (χ1) is 7.74. The van der Waals surface area contributed by atoms with E-state index in [0.29, 0.717) is 5.84 Å². The van der Waals surface area contributed by atoms with Crippen molar-refractivity contribution < 1.29 is 0 Å². The van der Waals surface area contributed by atoms with Gasteiger partial charge in [0, 0.05) is 18.7 Å². The van der Waals surface area contributed by atoms with E-state index in [1.54, 1.807) is 0 Å². The van der Waals surface area contributed by atoms with Crippen LogP contribution in [0.2, 0.25) is 0 Å². The molecule has 0 amide bonds. The molecule has 86 valence electrons. The Labute approximate surface area is 95.1 Å². The Bertz CT molecular complexity index is 413. The van der Waals surface area contributed by atoms with E-state index in [1.807, 2.05) is 6.07 Å². The first-order valence-corrected chi connectivity index (χ1v) is 5.30. The van der Waals surface area contributed by atoms with Crippen LogP contribution in [-0.2, 0) is 13.0 Å². The van der Waals surface area contributed by atoms with E-state index in [-0.39, 0.29) is 0 Å². The van der Waals surface area contributed by atoms with Gasteiger partial charge in [-0.05, 0) is 30.7 Å². The average molecular weight is 219 g/mol. The first kappa shape index (κ1) is 10.9. The highest BCUT2D eigenvalue weighted by atomic mass is 15.3. The van der Waals surface area contributed by atoms with E-state index in [9.17, 15) is 0 Å². The van der Waals surface area contributed by atoms with Crippen LogP contribution in [0, 0.1) is 0 Å². The highest BCUT2D eigenvalue weighted by molar-refractivity contribution is 5.98. The highest BCUT2D eigenvalue weighted by Gasteiger charge is 2.14. The third-order valence-electron chi connectivity index (χ3n) is 2.95. The lowest BCUT2D eigenvalue weighted by molar-refractivity contribution is 0.313. The van der Waals surface area contributed by atoms with Crippen molar-refractivity contribution in [2.45, 2.75) is 13.0 Å². The van der Waals surface area contributed by atoms with Crippen molar-refractivity contribution in [3.63, 3.8) is 0 Å². The molecule has 5 nitrogen and oxygen atoms in total. The van der Waals surface area contributed by atoms with Gasteiger partial charge in [-0.15, -0.1) is 0 Å². The normalized spacial score (nSPS) is 17.0. The van der Waals surface area contributed by atoms with Gasteiger partial charge in [-0.2, -0.15) is 5.10 Å². The van der Waals surface area contributed by atoms with Gasteiger partial charge < -0.3 is 16.2 Å². The van der Waals surface area contributed by atoms with E-state index in [2.05, 4.69) is 34.6 Å². The lowest BCUT2D eigenvalue weighted by Crippen LogP contribution is -2.32. The van der Waals surface area contributed by atoms with Gasteiger partial charge in [-0.25, -0.2) is 5.84 Å². The fraction of sp³-hybridized carbons (Fsp3) is 0.364. The maximum atomic E-state index is 5.34. The molecule has 1 aliphatic rings.